The van der Waals surface area contributed by atoms with Crippen LogP contribution in [0.25, 0.3) is 0 Å². The molecular formula is C17H22BrN5O. The lowest BCUT2D eigenvalue weighted by Crippen LogP contribution is -2.38. The number of amides is 2. The number of nitrogens with one attached hydrogen (secondary N) is 1. The van der Waals surface area contributed by atoms with Crippen LogP contribution in [0.4, 0.5) is 10.5 Å². The van der Waals surface area contributed by atoms with Gasteiger partial charge in [0.2, 0.25) is 0 Å². The van der Waals surface area contributed by atoms with Gasteiger partial charge in [-0.3, -0.25) is 9.58 Å². The summed E-state index contributed by atoms with van der Waals surface area (Å²) in [5.74, 6) is 0. The number of nitrogens with zero attached hydrogens (tertiary/aromatic N) is 4. The van der Waals surface area contributed by atoms with Gasteiger partial charge in [0.15, 0.2) is 0 Å². The molecule has 2 amide bonds. The molecule has 1 N–H and O–H groups in total. The number of aromatic nitrogens is 2. The first kappa shape index (κ1) is 17.0. The molecule has 0 spiro atoms. The number of benzene rings is 1. The molecule has 7 heteroatoms. The van der Waals surface area contributed by atoms with E-state index in [-0.39, 0.29) is 6.03 Å². The molecular weight excluding hydrogens is 370 g/mol. The number of anilines is 1. The molecule has 1 aromatic heterocycles. The minimum absolute atomic E-state index is 0.0312. The summed E-state index contributed by atoms with van der Waals surface area (Å²) in [4.78, 5) is 16.7. The van der Waals surface area contributed by atoms with Crippen LogP contribution in [0.2, 0.25) is 0 Å². The average molecular weight is 392 g/mol. The lowest BCUT2D eigenvalue weighted by Gasteiger charge is -2.22. The highest BCUT2D eigenvalue weighted by molar-refractivity contribution is 9.10. The van der Waals surface area contributed by atoms with Crippen LogP contribution in [-0.2, 0) is 13.6 Å². The first-order valence-corrected chi connectivity index (χ1v) is 8.91. The van der Waals surface area contributed by atoms with Crippen LogP contribution >= 0.6 is 15.9 Å². The number of rotatable bonds is 3. The van der Waals surface area contributed by atoms with Crippen molar-refractivity contribution in [2.24, 2.45) is 7.05 Å². The Labute approximate surface area is 150 Å². The Bertz CT molecular complexity index is 702. The van der Waals surface area contributed by atoms with Crippen molar-refractivity contribution in [3.05, 3.63) is 46.7 Å². The second-order valence-corrected chi connectivity index (χ2v) is 7.00. The van der Waals surface area contributed by atoms with Gasteiger partial charge in [-0.1, -0.05) is 22.0 Å². The molecule has 3 rings (SSSR count). The monoisotopic (exact) mass is 391 g/mol. The highest BCUT2D eigenvalue weighted by Crippen LogP contribution is 2.16. The fourth-order valence-electron chi connectivity index (χ4n) is 2.91. The third-order valence-electron chi connectivity index (χ3n) is 4.12. The maximum atomic E-state index is 12.5. The van der Waals surface area contributed by atoms with Crippen LogP contribution in [0.15, 0.2) is 41.1 Å². The lowest BCUT2D eigenvalue weighted by molar-refractivity contribution is 0.211. The zero-order valence-corrected chi connectivity index (χ0v) is 15.4. The normalized spacial score (nSPS) is 16.0. The van der Waals surface area contributed by atoms with Gasteiger partial charge in [0, 0.05) is 61.7 Å². The van der Waals surface area contributed by atoms with Crippen molar-refractivity contribution in [2.45, 2.75) is 13.0 Å². The largest absolute Gasteiger partial charge is 0.323 e. The van der Waals surface area contributed by atoms with E-state index in [1.54, 1.807) is 0 Å². The Balaban J connectivity index is 1.53. The van der Waals surface area contributed by atoms with Crippen molar-refractivity contribution in [1.82, 2.24) is 19.6 Å². The van der Waals surface area contributed by atoms with Crippen molar-refractivity contribution in [3.63, 3.8) is 0 Å². The Morgan fingerprint density at radius 3 is 2.92 bits per heavy atom. The third kappa shape index (κ3) is 4.58. The van der Waals surface area contributed by atoms with E-state index >= 15 is 0 Å². The van der Waals surface area contributed by atoms with Crippen LogP contribution in [-0.4, -0.2) is 51.8 Å². The molecule has 1 aliphatic rings. The van der Waals surface area contributed by atoms with Crippen LogP contribution < -0.4 is 5.32 Å². The molecule has 24 heavy (non-hydrogen) atoms. The van der Waals surface area contributed by atoms with Crippen LogP contribution in [0.3, 0.4) is 0 Å². The summed E-state index contributed by atoms with van der Waals surface area (Å²) < 4.78 is 2.78. The van der Waals surface area contributed by atoms with E-state index in [2.05, 4.69) is 31.2 Å². The predicted octanol–water partition coefficient (Wildman–Crippen LogP) is 2.92. The highest BCUT2D eigenvalue weighted by atomic mass is 79.9. The molecule has 1 saturated heterocycles. The minimum Gasteiger partial charge on any atom is -0.323 e. The summed E-state index contributed by atoms with van der Waals surface area (Å²) in [5.41, 5.74) is 2.02. The minimum atomic E-state index is -0.0312. The van der Waals surface area contributed by atoms with E-state index in [1.165, 1.54) is 5.56 Å². The van der Waals surface area contributed by atoms with Gasteiger partial charge < -0.3 is 10.2 Å². The summed E-state index contributed by atoms with van der Waals surface area (Å²) >= 11 is 3.42. The molecule has 1 aliphatic heterocycles. The van der Waals surface area contributed by atoms with Crippen molar-refractivity contribution in [1.29, 1.82) is 0 Å². The van der Waals surface area contributed by atoms with Gasteiger partial charge in [-0.15, -0.1) is 0 Å². The van der Waals surface area contributed by atoms with Gasteiger partial charge in [0.1, 0.15) is 0 Å². The molecule has 0 saturated carbocycles. The number of hydrogen-bond donors (Lipinski definition) is 1. The van der Waals surface area contributed by atoms with E-state index in [4.69, 9.17) is 0 Å². The maximum absolute atomic E-state index is 12.5. The molecule has 0 radical (unpaired) electrons. The molecule has 6 nitrogen and oxygen atoms in total. The summed E-state index contributed by atoms with van der Waals surface area (Å²) in [5, 5.41) is 7.19. The average Bonchev–Trinajstić information content (AvgIpc) is 2.81. The summed E-state index contributed by atoms with van der Waals surface area (Å²) in [6.45, 7) is 4.27. The molecule has 0 atom stereocenters. The van der Waals surface area contributed by atoms with Crippen molar-refractivity contribution >= 4 is 27.6 Å². The van der Waals surface area contributed by atoms with Gasteiger partial charge in [-0.25, -0.2) is 4.79 Å². The summed E-state index contributed by atoms with van der Waals surface area (Å²) in [7, 11) is 1.93. The Hall–Kier alpha value is -1.86. The number of hydrogen-bond acceptors (Lipinski definition) is 3. The van der Waals surface area contributed by atoms with Crippen LogP contribution in [0.5, 0.6) is 0 Å². The number of urea groups is 1. The second-order valence-electron chi connectivity index (χ2n) is 6.08. The van der Waals surface area contributed by atoms with E-state index in [0.29, 0.717) is 0 Å². The summed E-state index contributed by atoms with van der Waals surface area (Å²) in [6, 6.07) is 7.63. The van der Waals surface area contributed by atoms with Gasteiger partial charge in [0.05, 0.1) is 6.20 Å². The standard InChI is InChI=1S/C17H22BrN5O/c1-21-12-14(11-19-21)13-22-6-3-7-23(9-8-22)17(24)20-16-5-2-4-15(18)10-16/h2,4-5,10-12H,3,6-9,13H2,1H3,(H,20,24). The Morgan fingerprint density at radius 2 is 2.17 bits per heavy atom. The molecule has 2 heterocycles. The van der Waals surface area contributed by atoms with Crippen LogP contribution in [0, 0.1) is 0 Å². The van der Waals surface area contributed by atoms with Gasteiger partial charge in [0.25, 0.3) is 0 Å². The first-order chi connectivity index (χ1) is 11.6. The SMILES string of the molecule is Cn1cc(CN2CCCN(C(=O)Nc3cccc(Br)c3)CC2)cn1. The van der Waals surface area contributed by atoms with Gasteiger partial charge in [-0.05, 0) is 24.6 Å². The van der Waals surface area contributed by atoms with Gasteiger partial charge in [-0.2, -0.15) is 5.10 Å². The highest BCUT2D eigenvalue weighted by Gasteiger charge is 2.19. The number of halogens is 1. The lowest BCUT2D eigenvalue weighted by atomic mass is 10.3. The predicted molar refractivity (Wildman–Crippen MR) is 97.8 cm³/mol. The fourth-order valence-corrected chi connectivity index (χ4v) is 3.31. The van der Waals surface area contributed by atoms with Crippen molar-refractivity contribution < 1.29 is 4.79 Å². The molecule has 0 aliphatic carbocycles. The number of aryl methyl sites for hydroxylation is 1. The van der Waals surface area contributed by atoms with Gasteiger partial charge >= 0.3 is 6.03 Å². The molecule has 1 fully saturated rings. The van der Waals surface area contributed by atoms with E-state index in [9.17, 15) is 4.79 Å². The molecule has 0 bridgehead atoms. The van der Waals surface area contributed by atoms with Crippen LogP contribution in [0.1, 0.15) is 12.0 Å². The molecule has 128 valence electrons. The third-order valence-corrected chi connectivity index (χ3v) is 4.61. The summed E-state index contributed by atoms with van der Waals surface area (Å²) in [6.07, 6.45) is 4.93. The fraction of sp³-hybridized carbons (Fsp3) is 0.412. The van der Waals surface area contributed by atoms with E-state index in [1.807, 2.05) is 53.3 Å². The molecule has 1 aromatic carbocycles. The smallest absolute Gasteiger partial charge is 0.321 e. The number of carbonyl (C=O) groups excluding carboxylic acids is 1. The quantitative estimate of drug-likeness (QED) is 0.874. The van der Waals surface area contributed by atoms with E-state index < -0.39 is 0 Å². The zero-order valence-electron chi connectivity index (χ0n) is 13.8. The second kappa shape index (κ2) is 7.81. The van der Waals surface area contributed by atoms with Crippen molar-refractivity contribution in [3.8, 4) is 0 Å². The topological polar surface area (TPSA) is 53.4 Å². The van der Waals surface area contributed by atoms with E-state index in [0.717, 1.165) is 49.3 Å². The maximum Gasteiger partial charge on any atom is 0.321 e. The Kier molecular flexibility index (Phi) is 5.52. The first-order valence-electron chi connectivity index (χ1n) is 8.11. The molecule has 0 unspecified atom stereocenters. The zero-order chi connectivity index (χ0) is 16.9. The van der Waals surface area contributed by atoms with Crippen molar-refractivity contribution in [2.75, 3.05) is 31.5 Å². The molecule has 2 aromatic rings. The number of carbonyl (C=O) groups is 1. The Morgan fingerprint density at radius 1 is 1.29 bits per heavy atom.